The normalized spacial score (nSPS) is 11.1. The van der Waals surface area contributed by atoms with Gasteiger partial charge in [-0.1, -0.05) is 12.1 Å². The predicted octanol–water partition coefficient (Wildman–Crippen LogP) is 4.03. The number of aryl methyl sites for hydroxylation is 3. The molecule has 142 valence electrons. The average molecular weight is 375 g/mol. The van der Waals surface area contributed by atoms with E-state index in [4.69, 9.17) is 4.42 Å². The molecular weight excluding hydrogens is 354 g/mol. The lowest BCUT2D eigenvalue weighted by Crippen LogP contribution is -2.19. The molecule has 4 rings (SSSR count). The van der Waals surface area contributed by atoms with Crippen LogP contribution in [0.15, 0.2) is 69.9 Å². The number of fused-ring (bicyclic) bond motifs is 1. The summed E-state index contributed by atoms with van der Waals surface area (Å²) in [6, 6.07) is 19.1. The first-order valence-electron chi connectivity index (χ1n) is 9.16. The van der Waals surface area contributed by atoms with Crippen LogP contribution < -0.4 is 11.1 Å². The van der Waals surface area contributed by atoms with Crippen molar-refractivity contribution < 1.29 is 9.21 Å². The fourth-order valence-corrected chi connectivity index (χ4v) is 3.43. The third kappa shape index (κ3) is 3.36. The molecule has 2 aromatic heterocycles. The minimum Gasteiger partial charge on any atom is -0.408 e. The van der Waals surface area contributed by atoms with Gasteiger partial charge < -0.3 is 14.3 Å². The number of nitrogens with zero attached hydrogens (tertiary/aromatic N) is 2. The fourth-order valence-electron chi connectivity index (χ4n) is 3.43. The van der Waals surface area contributed by atoms with Crippen LogP contribution in [0.25, 0.3) is 16.8 Å². The van der Waals surface area contributed by atoms with E-state index in [2.05, 4.69) is 35.9 Å². The lowest BCUT2D eigenvalue weighted by atomic mass is 10.2. The van der Waals surface area contributed by atoms with E-state index in [9.17, 15) is 9.59 Å². The van der Waals surface area contributed by atoms with Gasteiger partial charge >= 0.3 is 5.76 Å². The van der Waals surface area contributed by atoms with Crippen molar-refractivity contribution in [3.8, 4) is 5.69 Å². The lowest BCUT2D eigenvalue weighted by molar-refractivity contribution is -0.116. The molecule has 0 spiro atoms. The highest BCUT2D eigenvalue weighted by Gasteiger charge is 2.11. The molecule has 6 nitrogen and oxygen atoms in total. The van der Waals surface area contributed by atoms with E-state index in [1.165, 1.54) is 4.57 Å². The zero-order chi connectivity index (χ0) is 19.7. The Bertz CT molecular complexity index is 1180. The highest BCUT2D eigenvalue weighted by molar-refractivity contribution is 5.90. The van der Waals surface area contributed by atoms with Crippen molar-refractivity contribution in [2.45, 2.75) is 26.8 Å². The van der Waals surface area contributed by atoms with Gasteiger partial charge in [0.05, 0.1) is 5.52 Å². The van der Waals surface area contributed by atoms with Gasteiger partial charge in [0.25, 0.3) is 0 Å². The second kappa shape index (κ2) is 7.23. The van der Waals surface area contributed by atoms with Gasteiger partial charge in [-0.2, -0.15) is 0 Å². The summed E-state index contributed by atoms with van der Waals surface area (Å²) in [6.07, 6.45) is 0.182. The topological polar surface area (TPSA) is 69.2 Å². The second-order valence-corrected chi connectivity index (χ2v) is 6.78. The van der Waals surface area contributed by atoms with Crippen LogP contribution in [0.3, 0.4) is 0 Å². The van der Waals surface area contributed by atoms with Crippen LogP contribution in [0.1, 0.15) is 17.8 Å². The van der Waals surface area contributed by atoms with Gasteiger partial charge in [0.2, 0.25) is 5.91 Å². The van der Waals surface area contributed by atoms with Gasteiger partial charge in [0, 0.05) is 35.7 Å². The number of anilines is 1. The monoisotopic (exact) mass is 375 g/mol. The minimum absolute atomic E-state index is 0.154. The predicted molar refractivity (Wildman–Crippen MR) is 109 cm³/mol. The van der Waals surface area contributed by atoms with Gasteiger partial charge in [-0.25, -0.2) is 4.79 Å². The molecule has 0 aliphatic heterocycles. The number of rotatable bonds is 5. The van der Waals surface area contributed by atoms with E-state index in [0.29, 0.717) is 11.1 Å². The number of carbonyl (C=O) groups excluding carboxylic acids is 1. The lowest BCUT2D eigenvalue weighted by Gasteiger charge is -2.11. The molecule has 0 atom stereocenters. The summed E-state index contributed by atoms with van der Waals surface area (Å²) in [6.45, 7) is 4.38. The molecule has 0 unspecified atom stereocenters. The quantitative estimate of drug-likeness (QED) is 0.573. The summed E-state index contributed by atoms with van der Waals surface area (Å²) >= 11 is 0. The molecule has 1 amide bonds. The number of oxazole rings is 1. The molecular formula is C22H21N3O3. The molecule has 0 radical (unpaired) electrons. The minimum atomic E-state index is -0.448. The molecule has 0 aliphatic rings. The Morgan fingerprint density at radius 3 is 2.36 bits per heavy atom. The summed E-state index contributed by atoms with van der Waals surface area (Å²) in [7, 11) is 0. The van der Waals surface area contributed by atoms with Crippen LogP contribution in [0, 0.1) is 13.8 Å². The number of amides is 1. The maximum atomic E-state index is 12.3. The van der Waals surface area contributed by atoms with E-state index in [-0.39, 0.29) is 18.9 Å². The SMILES string of the molecule is Cc1ccc(C)n1-c1ccc(NC(=O)CCn2c(=O)oc3ccccc32)cc1. The van der Waals surface area contributed by atoms with Crippen LogP contribution in [0.4, 0.5) is 5.69 Å². The van der Waals surface area contributed by atoms with Crippen molar-refractivity contribution in [2.75, 3.05) is 5.32 Å². The maximum absolute atomic E-state index is 12.3. The summed E-state index contributed by atoms with van der Waals surface area (Å²) in [5, 5.41) is 2.88. The van der Waals surface area contributed by atoms with Crippen molar-refractivity contribution in [3.63, 3.8) is 0 Å². The van der Waals surface area contributed by atoms with Crippen LogP contribution in [0.5, 0.6) is 0 Å². The van der Waals surface area contributed by atoms with Crippen molar-refractivity contribution in [1.82, 2.24) is 9.13 Å². The zero-order valence-corrected chi connectivity index (χ0v) is 15.8. The Kier molecular flexibility index (Phi) is 4.61. The van der Waals surface area contributed by atoms with Gasteiger partial charge in [-0.05, 0) is 62.4 Å². The van der Waals surface area contributed by atoms with Crippen molar-refractivity contribution in [3.05, 3.63) is 82.6 Å². The van der Waals surface area contributed by atoms with Crippen molar-refractivity contribution >= 4 is 22.7 Å². The fraction of sp³-hybridized carbons (Fsp3) is 0.182. The van der Waals surface area contributed by atoms with Crippen molar-refractivity contribution in [1.29, 1.82) is 0 Å². The third-order valence-electron chi connectivity index (χ3n) is 4.82. The summed E-state index contributed by atoms with van der Waals surface area (Å²) in [5.41, 5.74) is 5.32. The smallest absolute Gasteiger partial charge is 0.408 e. The highest BCUT2D eigenvalue weighted by Crippen LogP contribution is 2.19. The third-order valence-corrected chi connectivity index (χ3v) is 4.82. The standard InChI is InChI=1S/C22H21N3O3/c1-15-7-8-16(2)25(15)18-11-9-17(10-12-18)23-21(26)13-14-24-19-5-3-4-6-20(19)28-22(24)27/h3-12H,13-14H2,1-2H3,(H,23,26). The molecule has 1 N–H and O–H groups in total. The molecule has 2 aromatic carbocycles. The first-order valence-corrected chi connectivity index (χ1v) is 9.16. The molecule has 28 heavy (non-hydrogen) atoms. The molecule has 0 bridgehead atoms. The number of hydrogen-bond donors (Lipinski definition) is 1. The van der Waals surface area contributed by atoms with Crippen LogP contribution in [0.2, 0.25) is 0 Å². The summed E-state index contributed by atoms with van der Waals surface area (Å²) in [4.78, 5) is 24.3. The van der Waals surface area contributed by atoms with Crippen LogP contribution in [-0.2, 0) is 11.3 Å². The second-order valence-electron chi connectivity index (χ2n) is 6.78. The number of para-hydroxylation sites is 2. The zero-order valence-electron chi connectivity index (χ0n) is 15.8. The summed E-state index contributed by atoms with van der Waals surface area (Å²) in [5.74, 6) is -0.603. The Labute approximate surface area is 162 Å². The van der Waals surface area contributed by atoms with E-state index < -0.39 is 5.76 Å². The van der Waals surface area contributed by atoms with Gasteiger partial charge in [-0.3, -0.25) is 9.36 Å². The van der Waals surface area contributed by atoms with Gasteiger partial charge in [-0.15, -0.1) is 0 Å². The van der Waals surface area contributed by atoms with Crippen LogP contribution in [-0.4, -0.2) is 15.0 Å². The molecule has 2 heterocycles. The number of benzene rings is 2. The largest absolute Gasteiger partial charge is 0.419 e. The highest BCUT2D eigenvalue weighted by atomic mass is 16.4. The number of carbonyl (C=O) groups is 1. The first kappa shape index (κ1) is 17.9. The molecule has 0 saturated carbocycles. The molecule has 4 aromatic rings. The van der Waals surface area contributed by atoms with Crippen LogP contribution >= 0.6 is 0 Å². The van der Waals surface area contributed by atoms with E-state index >= 15 is 0 Å². The molecule has 6 heteroatoms. The maximum Gasteiger partial charge on any atom is 0.419 e. The summed E-state index contributed by atoms with van der Waals surface area (Å²) < 4.78 is 8.83. The van der Waals surface area contributed by atoms with E-state index in [1.54, 1.807) is 6.07 Å². The Hall–Kier alpha value is -3.54. The molecule has 0 fully saturated rings. The molecule has 0 aliphatic carbocycles. The van der Waals surface area contributed by atoms with E-state index in [0.717, 1.165) is 22.8 Å². The first-order chi connectivity index (χ1) is 13.5. The number of hydrogen-bond acceptors (Lipinski definition) is 3. The van der Waals surface area contributed by atoms with Crippen molar-refractivity contribution in [2.24, 2.45) is 0 Å². The Morgan fingerprint density at radius 1 is 0.964 bits per heavy atom. The van der Waals surface area contributed by atoms with Gasteiger partial charge in [0.1, 0.15) is 0 Å². The number of nitrogens with one attached hydrogen (secondary N) is 1. The van der Waals surface area contributed by atoms with E-state index in [1.807, 2.05) is 42.5 Å². The Morgan fingerprint density at radius 2 is 1.64 bits per heavy atom. The Balaban J connectivity index is 1.43. The molecule has 0 saturated heterocycles. The average Bonchev–Trinajstić information content (AvgIpc) is 3.19. The van der Waals surface area contributed by atoms with Gasteiger partial charge in [0.15, 0.2) is 5.58 Å². The number of aromatic nitrogens is 2.